The lowest BCUT2D eigenvalue weighted by molar-refractivity contribution is 0.159. The highest BCUT2D eigenvalue weighted by atomic mass is 32.2. The molecular formula is C12H32N2O3S. The molecule has 0 spiro atoms. The van der Waals surface area contributed by atoms with E-state index in [0.717, 1.165) is 6.54 Å². The molecular weight excluding hydrogens is 252 g/mol. The van der Waals surface area contributed by atoms with E-state index >= 15 is 0 Å². The first-order chi connectivity index (χ1) is 8.18. The zero-order valence-electron chi connectivity index (χ0n) is 13.0. The standard InChI is InChI=1S/C6H15NO.C4H11NO2S.C2H6/c1-6(2,5-8)4-7-3;1-5-3-4-8(2,6)7;1-2/h7-8H,4-5H2,1-3H3;5H,3-4H2,1-2H3;1-2H3. The second-order valence-electron chi connectivity index (χ2n) is 4.59. The summed E-state index contributed by atoms with van der Waals surface area (Å²) in [7, 11) is 0.865. The molecule has 18 heavy (non-hydrogen) atoms. The number of hydrogen-bond acceptors (Lipinski definition) is 5. The summed E-state index contributed by atoms with van der Waals surface area (Å²) >= 11 is 0. The van der Waals surface area contributed by atoms with Crippen LogP contribution in [0.25, 0.3) is 0 Å². The predicted molar refractivity (Wildman–Crippen MR) is 79.8 cm³/mol. The van der Waals surface area contributed by atoms with E-state index in [1.165, 1.54) is 6.26 Å². The van der Waals surface area contributed by atoms with E-state index in [1.807, 2.05) is 34.7 Å². The van der Waals surface area contributed by atoms with Crippen molar-refractivity contribution in [1.29, 1.82) is 0 Å². The molecule has 3 N–H and O–H groups in total. The van der Waals surface area contributed by atoms with Gasteiger partial charge >= 0.3 is 0 Å². The van der Waals surface area contributed by atoms with Crippen molar-refractivity contribution >= 4 is 9.84 Å². The molecule has 5 nitrogen and oxygen atoms in total. The number of nitrogens with one attached hydrogen (secondary N) is 2. The molecule has 0 atom stereocenters. The quantitative estimate of drug-likeness (QED) is 0.662. The Bertz CT molecular complexity index is 252. The van der Waals surface area contributed by atoms with Crippen molar-refractivity contribution in [2.45, 2.75) is 27.7 Å². The molecule has 0 heterocycles. The van der Waals surface area contributed by atoms with E-state index in [0.29, 0.717) is 6.54 Å². The fourth-order valence-electron chi connectivity index (χ4n) is 0.822. The molecule has 0 aromatic rings. The van der Waals surface area contributed by atoms with Gasteiger partial charge in [0, 0.05) is 31.4 Å². The van der Waals surface area contributed by atoms with Crippen LogP contribution in [-0.2, 0) is 9.84 Å². The van der Waals surface area contributed by atoms with Crippen molar-refractivity contribution in [3.8, 4) is 0 Å². The van der Waals surface area contributed by atoms with Gasteiger partial charge in [0.05, 0.1) is 5.75 Å². The zero-order valence-corrected chi connectivity index (χ0v) is 13.8. The largest absolute Gasteiger partial charge is 0.396 e. The minimum absolute atomic E-state index is 0.0365. The second-order valence-corrected chi connectivity index (χ2v) is 6.85. The monoisotopic (exact) mass is 284 g/mol. The molecule has 0 aliphatic heterocycles. The van der Waals surface area contributed by atoms with Crippen LogP contribution in [0.4, 0.5) is 0 Å². The van der Waals surface area contributed by atoms with E-state index < -0.39 is 9.84 Å². The third-order valence-electron chi connectivity index (χ3n) is 1.81. The lowest BCUT2D eigenvalue weighted by Gasteiger charge is -2.19. The highest BCUT2D eigenvalue weighted by Crippen LogP contribution is 2.10. The molecule has 0 saturated carbocycles. The van der Waals surface area contributed by atoms with Crippen LogP contribution >= 0.6 is 0 Å². The van der Waals surface area contributed by atoms with Crippen LogP contribution in [0.2, 0.25) is 0 Å². The van der Waals surface area contributed by atoms with E-state index in [-0.39, 0.29) is 17.8 Å². The first kappa shape index (κ1) is 23.0. The summed E-state index contributed by atoms with van der Waals surface area (Å²) in [6.45, 7) is 9.68. The molecule has 0 saturated heterocycles. The maximum absolute atomic E-state index is 10.4. The van der Waals surface area contributed by atoms with Crippen molar-refractivity contribution < 1.29 is 13.5 Å². The van der Waals surface area contributed by atoms with Crippen LogP contribution in [-0.4, -0.2) is 59.3 Å². The van der Waals surface area contributed by atoms with Crippen LogP contribution in [0.5, 0.6) is 0 Å². The summed E-state index contributed by atoms with van der Waals surface area (Å²) in [5.74, 6) is 0.226. The van der Waals surface area contributed by atoms with Crippen LogP contribution in [0.1, 0.15) is 27.7 Å². The Morgan fingerprint density at radius 1 is 1.11 bits per heavy atom. The summed E-state index contributed by atoms with van der Waals surface area (Å²) < 4.78 is 20.7. The Hall–Kier alpha value is -0.170. The summed E-state index contributed by atoms with van der Waals surface area (Å²) in [6, 6.07) is 0. The molecule has 0 aliphatic carbocycles. The summed E-state index contributed by atoms with van der Waals surface area (Å²) in [5, 5.41) is 14.4. The van der Waals surface area contributed by atoms with Crippen molar-refractivity contribution in [1.82, 2.24) is 10.6 Å². The Labute approximate surface area is 113 Å². The van der Waals surface area contributed by atoms with Gasteiger partial charge < -0.3 is 15.7 Å². The average Bonchev–Trinajstić information content (AvgIpc) is 2.29. The number of aliphatic hydroxyl groups is 1. The van der Waals surface area contributed by atoms with Crippen molar-refractivity contribution in [2.75, 3.05) is 45.8 Å². The summed E-state index contributed by atoms with van der Waals surface area (Å²) in [6.07, 6.45) is 1.23. The van der Waals surface area contributed by atoms with Gasteiger partial charge in [0.1, 0.15) is 9.84 Å². The maximum Gasteiger partial charge on any atom is 0.148 e. The van der Waals surface area contributed by atoms with Crippen LogP contribution in [0.3, 0.4) is 0 Å². The van der Waals surface area contributed by atoms with E-state index in [1.54, 1.807) is 7.05 Å². The van der Waals surface area contributed by atoms with Crippen molar-refractivity contribution in [2.24, 2.45) is 5.41 Å². The van der Waals surface area contributed by atoms with Crippen LogP contribution < -0.4 is 10.6 Å². The molecule has 6 heteroatoms. The van der Waals surface area contributed by atoms with E-state index in [4.69, 9.17) is 5.11 Å². The van der Waals surface area contributed by atoms with E-state index in [9.17, 15) is 8.42 Å². The normalized spacial score (nSPS) is 10.9. The summed E-state index contributed by atoms with van der Waals surface area (Å²) in [5.41, 5.74) is 0.0365. The average molecular weight is 284 g/mol. The van der Waals surface area contributed by atoms with Crippen molar-refractivity contribution in [3.63, 3.8) is 0 Å². The Morgan fingerprint density at radius 2 is 1.56 bits per heavy atom. The molecule has 0 unspecified atom stereocenters. The van der Waals surface area contributed by atoms with E-state index in [2.05, 4.69) is 10.6 Å². The third kappa shape index (κ3) is 24.9. The highest BCUT2D eigenvalue weighted by Gasteiger charge is 2.13. The second kappa shape index (κ2) is 13.3. The van der Waals surface area contributed by atoms with Gasteiger partial charge in [0.25, 0.3) is 0 Å². The van der Waals surface area contributed by atoms with Gasteiger partial charge in [-0.2, -0.15) is 0 Å². The topological polar surface area (TPSA) is 78.4 Å². The molecule has 0 rings (SSSR count). The lowest BCUT2D eigenvalue weighted by atomic mass is 9.95. The van der Waals surface area contributed by atoms with Crippen LogP contribution in [0, 0.1) is 5.41 Å². The number of sulfone groups is 1. The molecule has 0 aliphatic rings. The first-order valence-corrected chi connectivity index (χ1v) is 8.32. The fraction of sp³-hybridized carbons (Fsp3) is 1.00. The molecule has 114 valence electrons. The minimum Gasteiger partial charge on any atom is -0.396 e. The van der Waals surface area contributed by atoms with Gasteiger partial charge in [0.2, 0.25) is 0 Å². The molecule has 0 aromatic carbocycles. The maximum atomic E-state index is 10.4. The van der Waals surface area contributed by atoms with Crippen LogP contribution in [0.15, 0.2) is 0 Å². The minimum atomic E-state index is -2.75. The van der Waals surface area contributed by atoms with Gasteiger partial charge in [-0.05, 0) is 14.1 Å². The van der Waals surface area contributed by atoms with Gasteiger partial charge in [-0.3, -0.25) is 0 Å². The lowest BCUT2D eigenvalue weighted by Crippen LogP contribution is -2.29. The van der Waals surface area contributed by atoms with Gasteiger partial charge in [-0.15, -0.1) is 0 Å². The molecule has 0 radical (unpaired) electrons. The third-order valence-corrected chi connectivity index (χ3v) is 2.75. The Morgan fingerprint density at radius 3 is 1.67 bits per heavy atom. The Kier molecular flexibility index (Phi) is 16.9. The number of hydrogen-bond donors (Lipinski definition) is 3. The number of aliphatic hydroxyl groups excluding tert-OH is 1. The van der Waals surface area contributed by atoms with Crippen molar-refractivity contribution in [3.05, 3.63) is 0 Å². The SMILES string of the molecule is CC.CNCC(C)(C)CO.CNCCS(C)(=O)=O. The molecule has 0 bridgehead atoms. The van der Waals surface area contributed by atoms with Gasteiger partial charge in [-0.1, -0.05) is 27.7 Å². The smallest absolute Gasteiger partial charge is 0.148 e. The molecule has 0 aromatic heterocycles. The molecule has 0 fully saturated rings. The molecule has 0 amide bonds. The first-order valence-electron chi connectivity index (χ1n) is 6.26. The predicted octanol–water partition coefficient (Wildman–Crippen LogP) is 0.501. The highest BCUT2D eigenvalue weighted by molar-refractivity contribution is 7.90. The number of rotatable bonds is 6. The zero-order chi connectivity index (χ0) is 15.2. The van der Waals surface area contributed by atoms with Gasteiger partial charge in [-0.25, -0.2) is 8.42 Å². The Balaban J connectivity index is -0.000000219. The fourth-order valence-corrected chi connectivity index (χ4v) is 1.40. The summed E-state index contributed by atoms with van der Waals surface area (Å²) in [4.78, 5) is 0. The van der Waals surface area contributed by atoms with Gasteiger partial charge in [0.15, 0.2) is 0 Å².